The minimum absolute atomic E-state index is 0.171. The summed E-state index contributed by atoms with van der Waals surface area (Å²) in [7, 11) is 2.01. The summed E-state index contributed by atoms with van der Waals surface area (Å²) >= 11 is 0. The van der Waals surface area contributed by atoms with Gasteiger partial charge in [-0.1, -0.05) is 38.1 Å². The third-order valence-electron chi connectivity index (χ3n) is 3.89. The summed E-state index contributed by atoms with van der Waals surface area (Å²) in [5.41, 5.74) is 4.82. The SMILES string of the molecule is CCc1ccc(CCc2cn(C)c(CC)cc2=O)cc1. The minimum Gasteiger partial charge on any atom is -0.354 e. The van der Waals surface area contributed by atoms with Crippen molar-refractivity contribution < 1.29 is 0 Å². The van der Waals surface area contributed by atoms with E-state index in [-0.39, 0.29) is 5.43 Å². The van der Waals surface area contributed by atoms with Gasteiger partial charge in [0.25, 0.3) is 0 Å². The van der Waals surface area contributed by atoms with Crippen molar-refractivity contribution in [3.63, 3.8) is 0 Å². The lowest BCUT2D eigenvalue weighted by Gasteiger charge is -2.09. The lowest BCUT2D eigenvalue weighted by molar-refractivity contribution is 0.787. The second-order valence-corrected chi connectivity index (χ2v) is 5.29. The van der Waals surface area contributed by atoms with E-state index in [4.69, 9.17) is 0 Å². The Morgan fingerprint density at radius 1 is 0.950 bits per heavy atom. The van der Waals surface area contributed by atoms with Crippen molar-refractivity contribution >= 4 is 0 Å². The summed E-state index contributed by atoms with van der Waals surface area (Å²) in [6, 6.07) is 10.5. The van der Waals surface area contributed by atoms with Gasteiger partial charge in [-0.15, -0.1) is 0 Å². The zero-order chi connectivity index (χ0) is 14.5. The summed E-state index contributed by atoms with van der Waals surface area (Å²) < 4.78 is 2.07. The summed E-state index contributed by atoms with van der Waals surface area (Å²) in [5, 5.41) is 0. The molecule has 1 heterocycles. The van der Waals surface area contributed by atoms with Crippen LogP contribution < -0.4 is 5.43 Å². The van der Waals surface area contributed by atoms with Crippen molar-refractivity contribution in [2.75, 3.05) is 0 Å². The van der Waals surface area contributed by atoms with Crippen LogP contribution in [-0.2, 0) is 32.7 Å². The van der Waals surface area contributed by atoms with Gasteiger partial charge < -0.3 is 4.57 Å². The first-order valence-corrected chi connectivity index (χ1v) is 7.40. The number of rotatable bonds is 5. The molecule has 0 atom stereocenters. The summed E-state index contributed by atoms with van der Waals surface area (Å²) in [4.78, 5) is 12.1. The Bertz CT molecular complexity index is 623. The van der Waals surface area contributed by atoms with Crippen LogP contribution in [0.25, 0.3) is 0 Å². The first-order valence-electron chi connectivity index (χ1n) is 7.40. The van der Waals surface area contributed by atoms with Crippen molar-refractivity contribution in [2.45, 2.75) is 39.5 Å². The highest BCUT2D eigenvalue weighted by molar-refractivity contribution is 5.24. The van der Waals surface area contributed by atoms with Crippen LogP contribution in [0.15, 0.2) is 41.3 Å². The Labute approximate surface area is 121 Å². The van der Waals surface area contributed by atoms with Gasteiger partial charge in [0.1, 0.15) is 0 Å². The van der Waals surface area contributed by atoms with E-state index in [0.717, 1.165) is 36.9 Å². The van der Waals surface area contributed by atoms with Gasteiger partial charge in [0.15, 0.2) is 5.43 Å². The normalized spacial score (nSPS) is 10.8. The number of aryl methyl sites for hydroxylation is 5. The molecule has 0 aliphatic rings. The van der Waals surface area contributed by atoms with Crippen molar-refractivity contribution in [3.8, 4) is 0 Å². The average Bonchev–Trinajstić information content (AvgIpc) is 2.48. The van der Waals surface area contributed by atoms with Gasteiger partial charge in [-0.3, -0.25) is 4.79 Å². The molecule has 0 aliphatic heterocycles. The van der Waals surface area contributed by atoms with Crippen LogP contribution in [0.5, 0.6) is 0 Å². The van der Waals surface area contributed by atoms with E-state index >= 15 is 0 Å². The van der Waals surface area contributed by atoms with Gasteiger partial charge in [0, 0.05) is 30.6 Å². The molecule has 2 rings (SSSR count). The Balaban J connectivity index is 2.10. The summed E-state index contributed by atoms with van der Waals surface area (Å²) in [6.45, 7) is 4.23. The highest BCUT2D eigenvalue weighted by atomic mass is 16.1. The molecule has 106 valence electrons. The van der Waals surface area contributed by atoms with Crippen LogP contribution >= 0.6 is 0 Å². The molecule has 0 bridgehead atoms. The zero-order valence-corrected chi connectivity index (χ0v) is 12.6. The van der Waals surface area contributed by atoms with Gasteiger partial charge in [0.05, 0.1) is 0 Å². The summed E-state index contributed by atoms with van der Waals surface area (Å²) in [6.07, 6.45) is 5.68. The van der Waals surface area contributed by atoms with E-state index < -0.39 is 0 Å². The molecule has 20 heavy (non-hydrogen) atoms. The fourth-order valence-corrected chi connectivity index (χ4v) is 2.49. The van der Waals surface area contributed by atoms with Crippen molar-refractivity contribution in [2.24, 2.45) is 7.05 Å². The predicted molar refractivity (Wildman–Crippen MR) is 84.3 cm³/mol. The predicted octanol–water partition coefficient (Wildman–Crippen LogP) is 3.30. The van der Waals surface area contributed by atoms with Gasteiger partial charge in [-0.2, -0.15) is 0 Å². The molecular formula is C18H23NO. The molecule has 0 aliphatic carbocycles. The molecule has 0 radical (unpaired) electrons. The molecule has 2 heteroatoms. The van der Waals surface area contributed by atoms with Gasteiger partial charge >= 0.3 is 0 Å². The second-order valence-electron chi connectivity index (χ2n) is 5.29. The smallest absolute Gasteiger partial charge is 0.185 e. The van der Waals surface area contributed by atoms with E-state index in [2.05, 4.69) is 42.7 Å². The number of hydrogen-bond acceptors (Lipinski definition) is 1. The molecular weight excluding hydrogens is 246 g/mol. The minimum atomic E-state index is 0.171. The van der Waals surface area contributed by atoms with Gasteiger partial charge in [-0.05, 0) is 36.8 Å². The molecule has 1 aromatic heterocycles. The Hall–Kier alpha value is -1.83. The van der Waals surface area contributed by atoms with Crippen molar-refractivity contribution in [1.29, 1.82) is 0 Å². The largest absolute Gasteiger partial charge is 0.354 e. The Kier molecular flexibility index (Phi) is 4.78. The van der Waals surface area contributed by atoms with Crippen LogP contribution in [0, 0.1) is 0 Å². The first-order chi connectivity index (χ1) is 9.63. The molecule has 0 saturated heterocycles. The van der Waals surface area contributed by atoms with Crippen LogP contribution in [0.3, 0.4) is 0 Å². The highest BCUT2D eigenvalue weighted by Crippen LogP contribution is 2.08. The molecule has 0 amide bonds. The molecule has 0 unspecified atom stereocenters. The number of hydrogen-bond donors (Lipinski definition) is 0. The van der Waals surface area contributed by atoms with E-state index in [0.29, 0.717) is 0 Å². The van der Waals surface area contributed by atoms with Crippen molar-refractivity contribution in [3.05, 3.63) is 69.1 Å². The lowest BCUT2D eigenvalue weighted by atomic mass is 10.0. The monoisotopic (exact) mass is 269 g/mol. The number of benzene rings is 1. The third-order valence-corrected chi connectivity index (χ3v) is 3.89. The van der Waals surface area contributed by atoms with Crippen LogP contribution in [-0.4, -0.2) is 4.57 Å². The average molecular weight is 269 g/mol. The molecule has 0 spiro atoms. The number of nitrogens with zero attached hydrogens (tertiary/aromatic N) is 1. The molecule has 0 fully saturated rings. The summed E-state index contributed by atoms with van der Waals surface area (Å²) in [5.74, 6) is 0. The maximum Gasteiger partial charge on any atom is 0.185 e. The molecule has 2 nitrogen and oxygen atoms in total. The fraction of sp³-hybridized carbons (Fsp3) is 0.389. The van der Waals surface area contributed by atoms with E-state index in [1.54, 1.807) is 6.07 Å². The Morgan fingerprint density at radius 2 is 1.60 bits per heavy atom. The van der Waals surface area contributed by atoms with E-state index in [1.807, 2.05) is 13.2 Å². The van der Waals surface area contributed by atoms with E-state index in [1.165, 1.54) is 11.1 Å². The van der Waals surface area contributed by atoms with Gasteiger partial charge in [-0.25, -0.2) is 0 Å². The molecule has 1 aromatic carbocycles. The second kappa shape index (κ2) is 6.56. The molecule has 2 aromatic rings. The maximum atomic E-state index is 12.1. The lowest BCUT2D eigenvalue weighted by Crippen LogP contribution is -2.15. The fourth-order valence-electron chi connectivity index (χ4n) is 2.49. The van der Waals surface area contributed by atoms with E-state index in [9.17, 15) is 4.79 Å². The van der Waals surface area contributed by atoms with Gasteiger partial charge in [0.2, 0.25) is 0 Å². The molecule has 0 N–H and O–H groups in total. The number of aromatic nitrogens is 1. The van der Waals surface area contributed by atoms with Crippen LogP contribution in [0.1, 0.15) is 36.2 Å². The Morgan fingerprint density at radius 3 is 2.20 bits per heavy atom. The maximum absolute atomic E-state index is 12.1. The van der Waals surface area contributed by atoms with Crippen molar-refractivity contribution in [1.82, 2.24) is 4.57 Å². The van der Waals surface area contributed by atoms with Crippen LogP contribution in [0.4, 0.5) is 0 Å². The number of pyridine rings is 1. The standard InChI is InChI=1S/C18H23NO/c1-4-14-6-8-15(9-7-14)10-11-16-13-19(3)17(5-2)12-18(16)20/h6-9,12-13H,4-5,10-11H2,1-3H3. The quantitative estimate of drug-likeness (QED) is 0.816. The first kappa shape index (κ1) is 14.6. The highest BCUT2D eigenvalue weighted by Gasteiger charge is 2.04. The zero-order valence-electron chi connectivity index (χ0n) is 12.6. The molecule has 0 saturated carbocycles. The van der Waals surface area contributed by atoms with Crippen LogP contribution in [0.2, 0.25) is 0 Å². The topological polar surface area (TPSA) is 22.0 Å². The third kappa shape index (κ3) is 3.38.